The molecule has 0 spiro atoms. The monoisotopic (exact) mass is 503 g/mol. The smallest absolute Gasteiger partial charge is 0.263 e. The molecule has 0 aliphatic carbocycles. The molecule has 3 heterocycles. The van der Waals surface area contributed by atoms with E-state index in [1.165, 1.54) is 12.3 Å². The van der Waals surface area contributed by atoms with Crippen molar-refractivity contribution in [3.63, 3.8) is 0 Å². The van der Waals surface area contributed by atoms with Crippen LogP contribution in [0.25, 0.3) is 27.6 Å². The number of nitriles is 1. The lowest BCUT2D eigenvalue weighted by Crippen LogP contribution is -2.26. The first-order valence-electron chi connectivity index (χ1n) is 12.2. The molecule has 0 saturated heterocycles. The Kier molecular flexibility index (Phi) is 6.46. The minimum Gasteiger partial charge on any atom is -0.368 e. The van der Waals surface area contributed by atoms with Crippen molar-refractivity contribution in [1.82, 2.24) is 19.1 Å². The molecule has 0 bridgehead atoms. The van der Waals surface area contributed by atoms with E-state index in [4.69, 9.17) is 5.73 Å². The summed E-state index contributed by atoms with van der Waals surface area (Å²) in [6, 6.07) is 21.9. The Balaban J connectivity index is 1.75. The van der Waals surface area contributed by atoms with Gasteiger partial charge in [0.05, 0.1) is 17.6 Å². The predicted octanol–water partition coefficient (Wildman–Crippen LogP) is 4.26. The first-order valence-corrected chi connectivity index (χ1v) is 12.2. The number of aromatic nitrogens is 4. The van der Waals surface area contributed by atoms with Crippen molar-refractivity contribution >= 4 is 22.5 Å². The second-order valence-corrected chi connectivity index (χ2v) is 8.83. The lowest BCUT2D eigenvalue weighted by molar-refractivity contribution is 0.728. The zero-order valence-electron chi connectivity index (χ0n) is 20.9. The van der Waals surface area contributed by atoms with E-state index in [0.717, 1.165) is 16.5 Å². The highest BCUT2D eigenvalue weighted by Gasteiger charge is 2.20. The number of para-hydroxylation sites is 1. The quantitative estimate of drug-likeness (QED) is 0.354. The van der Waals surface area contributed by atoms with Crippen molar-refractivity contribution in [1.29, 1.82) is 5.26 Å². The number of nitrogens with one attached hydrogen (secondary N) is 1. The second kappa shape index (κ2) is 10.0. The van der Waals surface area contributed by atoms with Crippen LogP contribution in [0, 0.1) is 11.3 Å². The van der Waals surface area contributed by atoms with Gasteiger partial charge in [0.25, 0.3) is 11.1 Å². The van der Waals surface area contributed by atoms with Crippen LogP contribution in [0.5, 0.6) is 0 Å². The minimum atomic E-state index is -0.431. The minimum absolute atomic E-state index is 0.0377. The van der Waals surface area contributed by atoms with Gasteiger partial charge < -0.3 is 15.6 Å². The number of rotatable bonds is 6. The third-order valence-electron chi connectivity index (χ3n) is 6.45. The van der Waals surface area contributed by atoms with E-state index >= 15 is 0 Å². The fourth-order valence-electron chi connectivity index (χ4n) is 4.59. The fraction of sp³-hybridized carbons (Fsp3) is 0.138. The Morgan fingerprint density at radius 3 is 2.61 bits per heavy atom. The molecule has 0 saturated carbocycles. The number of anilines is 2. The van der Waals surface area contributed by atoms with Crippen LogP contribution in [0.3, 0.4) is 0 Å². The van der Waals surface area contributed by atoms with Crippen molar-refractivity contribution in [3.05, 3.63) is 111 Å². The van der Waals surface area contributed by atoms with Crippen LogP contribution >= 0.6 is 0 Å². The molecule has 38 heavy (non-hydrogen) atoms. The standard InChI is InChI=1S/C29H25N7O2/c1-3-35-17-20(12-13-25(35)37)23-11-7-8-19-14-24(18(2)33-27-21(15-30)16-32-29(31)34-27)36(28(38)26(19)23)22-9-5-4-6-10-22/h4-14,16-18H,3H2,1-2H3,(H3,31,32,33,34). The summed E-state index contributed by atoms with van der Waals surface area (Å²) in [5, 5.41) is 14.0. The zero-order valence-corrected chi connectivity index (χ0v) is 20.9. The molecule has 3 N–H and O–H groups in total. The van der Waals surface area contributed by atoms with Crippen molar-refractivity contribution < 1.29 is 0 Å². The Bertz CT molecular complexity index is 1820. The van der Waals surface area contributed by atoms with Gasteiger partial charge in [-0.2, -0.15) is 10.2 Å². The molecule has 5 rings (SSSR count). The van der Waals surface area contributed by atoms with Gasteiger partial charge in [0.1, 0.15) is 17.5 Å². The molecular weight excluding hydrogens is 478 g/mol. The molecule has 2 aromatic carbocycles. The predicted molar refractivity (Wildman–Crippen MR) is 148 cm³/mol. The summed E-state index contributed by atoms with van der Waals surface area (Å²) in [6.07, 6.45) is 3.15. The van der Waals surface area contributed by atoms with Crippen molar-refractivity contribution in [2.45, 2.75) is 26.4 Å². The number of nitrogens with zero attached hydrogens (tertiary/aromatic N) is 5. The molecule has 3 aromatic heterocycles. The van der Waals surface area contributed by atoms with Crippen LogP contribution in [-0.2, 0) is 6.54 Å². The lowest BCUT2D eigenvalue weighted by atomic mass is 9.98. The molecule has 1 atom stereocenters. The highest BCUT2D eigenvalue weighted by atomic mass is 16.1. The van der Waals surface area contributed by atoms with Gasteiger partial charge in [0.15, 0.2) is 0 Å². The Morgan fingerprint density at radius 1 is 1.08 bits per heavy atom. The number of nitrogen functional groups attached to an aromatic ring is 1. The van der Waals surface area contributed by atoms with Gasteiger partial charge in [-0.3, -0.25) is 14.2 Å². The average Bonchev–Trinajstić information content (AvgIpc) is 2.93. The third-order valence-corrected chi connectivity index (χ3v) is 6.45. The van der Waals surface area contributed by atoms with E-state index in [1.807, 2.05) is 68.4 Å². The summed E-state index contributed by atoms with van der Waals surface area (Å²) in [6.45, 7) is 4.32. The van der Waals surface area contributed by atoms with Crippen LogP contribution in [0.2, 0.25) is 0 Å². The van der Waals surface area contributed by atoms with Crippen molar-refractivity contribution in [2.75, 3.05) is 11.1 Å². The van der Waals surface area contributed by atoms with Crippen molar-refractivity contribution in [2.24, 2.45) is 0 Å². The van der Waals surface area contributed by atoms with Gasteiger partial charge in [-0.1, -0.05) is 36.4 Å². The number of aryl methyl sites for hydroxylation is 1. The van der Waals surface area contributed by atoms with Gasteiger partial charge in [-0.15, -0.1) is 0 Å². The first kappa shape index (κ1) is 24.5. The molecule has 5 aromatic rings. The number of nitrogens with two attached hydrogens (primary N) is 1. The van der Waals surface area contributed by atoms with Crippen LogP contribution < -0.4 is 22.2 Å². The third kappa shape index (κ3) is 4.40. The number of hydrogen-bond donors (Lipinski definition) is 2. The van der Waals surface area contributed by atoms with Gasteiger partial charge in [0.2, 0.25) is 5.95 Å². The maximum absolute atomic E-state index is 14.3. The molecular formula is C29H25N7O2. The number of fused-ring (bicyclic) bond motifs is 1. The molecule has 9 nitrogen and oxygen atoms in total. The molecule has 9 heteroatoms. The van der Waals surface area contributed by atoms with Crippen LogP contribution in [0.1, 0.15) is 31.1 Å². The highest BCUT2D eigenvalue weighted by Crippen LogP contribution is 2.30. The van der Waals surface area contributed by atoms with Crippen LogP contribution in [0.4, 0.5) is 11.8 Å². The SMILES string of the molecule is CCn1cc(-c2cccc3cc(C(C)Nc4nc(N)ncc4C#N)n(-c4ccccc4)c(=O)c23)ccc1=O. The summed E-state index contributed by atoms with van der Waals surface area (Å²) >= 11 is 0. The summed E-state index contributed by atoms with van der Waals surface area (Å²) in [7, 11) is 0. The maximum atomic E-state index is 14.3. The average molecular weight is 504 g/mol. The summed E-state index contributed by atoms with van der Waals surface area (Å²) in [4.78, 5) is 34.5. The molecule has 0 aliphatic rings. The lowest BCUT2D eigenvalue weighted by Gasteiger charge is -2.22. The zero-order chi connectivity index (χ0) is 26.8. The number of pyridine rings is 2. The van der Waals surface area contributed by atoms with E-state index in [0.29, 0.717) is 23.3 Å². The first-order chi connectivity index (χ1) is 18.4. The van der Waals surface area contributed by atoms with Gasteiger partial charge in [-0.25, -0.2) is 4.98 Å². The highest BCUT2D eigenvalue weighted by molar-refractivity contribution is 5.96. The van der Waals surface area contributed by atoms with Crippen LogP contribution in [0.15, 0.2) is 88.7 Å². The molecule has 0 amide bonds. The topological polar surface area (TPSA) is 132 Å². The van der Waals surface area contributed by atoms with Gasteiger partial charge in [0, 0.05) is 30.2 Å². The summed E-state index contributed by atoms with van der Waals surface area (Å²) in [5.74, 6) is 0.325. The normalized spacial score (nSPS) is 11.7. The Morgan fingerprint density at radius 2 is 1.87 bits per heavy atom. The van der Waals surface area contributed by atoms with E-state index < -0.39 is 6.04 Å². The van der Waals surface area contributed by atoms with Gasteiger partial charge in [-0.05, 0) is 54.6 Å². The van der Waals surface area contributed by atoms with Crippen molar-refractivity contribution in [3.8, 4) is 22.9 Å². The largest absolute Gasteiger partial charge is 0.368 e. The Hall–Kier alpha value is -5.23. The summed E-state index contributed by atoms with van der Waals surface area (Å²) < 4.78 is 3.28. The van der Waals surface area contributed by atoms with Gasteiger partial charge >= 0.3 is 0 Å². The van der Waals surface area contributed by atoms with E-state index in [9.17, 15) is 14.9 Å². The molecule has 0 radical (unpaired) electrons. The van der Waals surface area contributed by atoms with Crippen LogP contribution in [-0.4, -0.2) is 19.1 Å². The van der Waals surface area contributed by atoms with E-state index in [-0.39, 0.29) is 28.4 Å². The summed E-state index contributed by atoms with van der Waals surface area (Å²) in [5.41, 5.74) is 8.60. The Labute approximate surface area is 218 Å². The number of hydrogen-bond acceptors (Lipinski definition) is 7. The number of benzene rings is 2. The molecule has 188 valence electrons. The molecule has 0 fully saturated rings. The molecule has 1 unspecified atom stereocenters. The molecule has 0 aliphatic heterocycles. The van der Waals surface area contributed by atoms with E-state index in [1.54, 1.807) is 21.4 Å². The maximum Gasteiger partial charge on any atom is 0.263 e. The fourth-order valence-corrected chi connectivity index (χ4v) is 4.59. The second-order valence-electron chi connectivity index (χ2n) is 8.83. The van der Waals surface area contributed by atoms with E-state index in [2.05, 4.69) is 21.4 Å².